The summed E-state index contributed by atoms with van der Waals surface area (Å²) >= 11 is 6.06. The standard InChI is InChI=1S/C25H29ClN4O/c26-21-9-10-22-23(11-14-28-24(22)16-21)27-12-5-13-29-25(31)20-8-4-15-30(18-20)17-19-6-2-1-3-7-19/h1-3,6-7,9-11,14,16,20H,4-5,8,12-13,15,17-18H2,(H,27,28)(H,29,31)/t20-/m1/s1. The highest BCUT2D eigenvalue weighted by Gasteiger charge is 2.25. The lowest BCUT2D eigenvalue weighted by atomic mass is 9.96. The number of rotatable bonds is 8. The minimum absolute atomic E-state index is 0.0827. The molecular formula is C25H29ClN4O. The van der Waals surface area contributed by atoms with Gasteiger partial charge in [0.15, 0.2) is 0 Å². The Bertz CT molecular complexity index is 1010. The summed E-state index contributed by atoms with van der Waals surface area (Å²) in [5, 5.41) is 8.32. The van der Waals surface area contributed by atoms with Crippen LogP contribution in [0.2, 0.25) is 5.02 Å². The topological polar surface area (TPSA) is 57.3 Å². The van der Waals surface area contributed by atoms with E-state index < -0.39 is 0 Å². The van der Waals surface area contributed by atoms with Crippen molar-refractivity contribution in [1.82, 2.24) is 15.2 Å². The number of fused-ring (bicyclic) bond motifs is 1. The van der Waals surface area contributed by atoms with E-state index in [0.717, 1.165) is 62.0 Å². The largest absolute Gasteiger partial charge is 0.384 e. The Morgan fingerprint density at radius 3 is 2.87 bits per heavy atom. The predicted molar refractivity (Wildman–Crippen MR) is 127 cm³/mol. The van der Waals surface area contributed by atoms with Crippen LogP contribution in [0, 0.1) is 5.92 Å². The maximum absolute atomic E-state index is 12.7. The third kappa shape index (κ3) is 5.96. The number of pyridine rings is 1. The van der Waals surface area contributed by atoms with Crippen LogP contribution < -0.4 is 10.6 Å². The maximum Gasteiger partial charge on any atom is 0.224 e. The molecule has 1 aliphatic rings. The molecule has 6 heteroatoms. The van der Waals surface area contributed by atoms with Gasteiger partial charge in [-0.05, 0) is 55.6 Å². The first-order valence-corrected chi connectivity index (χ1v) is 11.4. The van der Waals surface area contributed by atoms with Crippen molar-refractivity contribution >= 4 is 34.1 Å². The first-order valence-electron chi connectivity index (χ1n) is 11.0. The lowest BCUT2D eigenvalue weighted by Gasteiger charge is -2.32. The smallest absolute Gasteiger partial charge is 0.224 e. The van der Waals surface area contributed by atoms with Crippen molar-refractivity contribution in [3.05, 3.63) is 71.4 Å². The van der Waals surface area contributed by atoms with Gasteiger partial charge in [0.2, 0.25) is 5.91 Å². The fourth-order valence-electron chi connectivity index (χ4n) is 4.20. The number of amides is 1. The summed E-state index contributed by atoms with van der Waals surface area (Å²) in [5.41, 5.74) is 3.22. The molecule has 4 rings (SSSR count). The first kappa shape index (κ1) is 21.6. The zero-order valence-corrected chi connectivity index (χ0v) is 18.4. The molecule has 1 saturated heterocycles. The molecule has 162 valence electrons. The number of carbonyl (C=O) groups excluding carboxylic acids is 1. The van der Waals surface area contributed by atoms with Gasteiger partial charge in [-0.3, -0.25) is 14.7 Å². The van der Waals surface area contributed by atoms with Crippen LogP contribution in [0.1, 0.15) is 24.8 Å². The van der Waals surface area contributed by atoms with Crippen LogP contribution in [0.4, 0.5) is 5.69 Å². The quantitative estimate of drug-likeness (QED) is 0.502. The molecule has 3 aromatic rings. The van der Waals surface area contributed by atoms with Gasteiger partial charge in [-0.2, -0.15) is 0 Å². The Labute approximate surface area is 188 Å². The highest BCUT2D eigenvalue weighted by atomic mass is 35.5. The van der Waals surface area contributed by atoms with E-state index in [0.29, 0.717) is 11.6 Å². The number of hydrogen-bond donors (Lipinski definition) is 2. The third-order valence-corrected chi connectivity index (χ3v) is 6.03. The van der Waals surface area contributed by atoms with Gasteiger partial charge < -0.3 is 10.6 Å². The van der Waals surface area contributed by atoms with Crippen LogP contribution in [0.15, 0.2) is 60.8 Å². The molecule has 0 spiro atoms. The normalized spacial score (nSPS) is 16.9. The number of hydrogen-bond acceptors (Lipinski definition) is 4. The van der Waals surface area contributed by atoms with Crippen molar-refractivity contribution in [2.45, 2.75) is 25.8 Å². The van der Waals surface area contributed by atoms with Crippen molar-refractivity contribution in [3.63, 3.8) is 0 Å². The fraction of sp³-hybridized carbons (Fsp3) is 0.360. The van der Waals surface area contributed by atoms with Crippen LogP contribution in [-0.2, 0) is 11.3 Å². The van der Waals surface area contributed by atoms with E-state index in [-0.39, 0.29) is 11.8 Å². The van der Waals surface area contributed by atoms with Crippen molar-refractivity contribution in [2.75, 3.05) is 31.5 Å². The first-order chi connectivity index (χ1) is 15.2. The molecule has 31 heavy (non-hydrogen) atoms. The summed E-state index contributed by atoms with van der Waals surface area (Å²) in [4.78, 5) is 19.4. The van der Waals surface area contributed by atoms with Crippen molar-refractivity contribution in [3.8, 4) is 0 Å². The average Bonchev–Trinajstić information content (AvgIpc) is 2.79. The van der Waals surface area contributed by atoms with E-state index in [2.05, 4.69) is 44.8 Å². The van der Waals surface area contributed by atoms with Gasteiger partial charge >= 0.3 is 0 Å². The number of nitrogens with one attached hydrogen (secondary N) is 2. The number of carbonyl (C=O) groups is 1. The van der Waals surface area contributed by atoms with E-state index in [4.69, 9.17) is 11.6 Å². The highest BCUT2D eigenvalue weighted by molar-refractivity contribution is 6.31. The van der Waals surface area contributed by atoms with Gasteiger partial charge in [0.1, 0.15) is 0 Å². The highest BCUT2D eigenvalue weighted by Crippen LogP contribution is 2.24. The molecule has 0 bridgehead atoms. The molecule has 5 nitrogen and oxygen atoms in total. The lowest BCUT2D eigenvalue weighted by Crippen LogP contribution is -2.43. The summed E-state index contributed by atoms with van der Waals surface area (Å²) in [7, 11) is 0. The lowest BCUT2D eigenvalue weighted by molar-refractivity contribution is -0.126. The Balaban J connectivity index is 1.20. The summed E-state index contributed by atoms with van der Waals surface area (Å²) in [6.45, 7) is 4.28. The fourth-order valence-corrected chi connectivity index (χ4v) is 4.36. The summed E-state index contributed by atoms with van der Waals surface area (Å²) in [5.74, 6) is 0.265. The number of nitrogens with zero attached hydrogens (tertiary/aromatic N) is 2. The zero-order valence-electron chi connectivity index (χ0n) is 17.7. The number of aromatic nitrogens is 1. The van der Waals surface area contributed by atoms with Gasteiger partial charge in [-0.15, -0.1) is 0 Å². The van der Waals surface area contributed by atoms with Gasteiger partial charge in [-0.1, -0.05) is 41.9 Å². The van der Waals surface area contributed by atoms with E-state index in [1.165, 1.54) is 5.56 Å². The van der Waals surface area contributed by atoms with Crippen LogP contribution in [0.5, 0.6) is 0 Å². The number of piperidine rings is 1. The van der Waals surface area contributed by atoms with Gasteiger partial charge in [-0.25, -0.2) is 0 Å². The van der Waals surface area contributed by atoms with E-state index in [9.17, 15) is 4.79 Å². The number of anilines is 1. The van der Waals surface area contributed by atoms with Crippen LogP contribution in [0.25, 0.3) is 10.9 Å². The van der Waals surface area contributed by atoms with Crippen molar-refractivity contribution < 1.29 is 4.79 Å². The predicted octanol–water partition coefficient (Wildman–Crippen LogP) is 4.72. The SMILES string of the molecule is O=C(NCCCNc1ccnc2cc(Cl)ccc12)[C@@H]1CCCN(Cc2ccccc2)C1. The van der Waals surface area contributed by atoms with E-state index in [1.54, 1.807) is 6.20 Å². The Morgan fingerprint density at radius 1 is 1.13 bits per heavy atom. The Hall–Kier alpha value is -2.63. The van der Waals surface area contributed by atoms with E-state index in [1.807, 2.05) is 30.3 Å². The van der Waals surface area contributed by atoms with Gasteiger partial charge in [0.25, 0.3) is 0 Å². The molecule has 2 heterocycles. The van der Waals surface area contributed by atoms with Gasteiger partial charge in [0.05, 0.1) is 11.4 Å². The Kier molecular flexibility index (Phi) is 7.39. The molecule has 0 unspecified atom stereocenters. The number of likely N-dealkylation sites (tertiary alicyclic amines) is 1. The molecule has 1 amide bonds. The minimum atomic E-state index is 0.0827. The summed E-state index contributed by atoms with van der Waals surface area (Å²) < 4.78 is 0. The van der Waals surface area contributed by atoms with E-state index >= 15 is 0 Å². The van der Waals surface area contributed by atoms with Crippen molar-refractivity contribution in [2.24, 2.45) is 5.92 Å². The maximum atomic E-state index is 12.7. The second-order valence-electron chi connectivity index (χ2n) is 8.15. The molecule has 1 atom stereocenters. The second kappa shape index (κ2) is 10.6. The molecule has 0 saturated carbocycles. The number of halogens is 1. The molecule has 0 radical (unpaired) electrons. The Morgan fingerprint density at radius 2 is 2.00 bits per heavy atom. The molecule has 1 aliphatic heterocycles. The molecule has 2 aromatic carbocycles. The zero-order chi connectivity index (χ0) is 21.5. The van der Waals surface area contributed by atoms with Crippen LogP contribution in [-0.4, -0.2) is 42.0 Å². The minimum Gasteiger partial charge on any atom is -0.384 e. The molecular weight excluding hydrogens is 408 g/mol. The third-order valence-electron chi connectivity index (χ3n) is 5.80. The number of benzene rings is 2. The molecule has 1 aromatic heterocycles. The van der Waals surface area contributed by atoms with Crippen LogP contribution in [0.3, 0.4) is 0 Å². The molecule has 1 fully saturated rings. The summed E-state index contributed by atoms with van der Waals surface area (Å²) in [6.07, 6.45) is 4.70. The van der Waals surface area contributed by atoms with Crippen molar-refractivity contribution in [1.29, 1.82) is 0 Å². The second-order valence-corrected chi connectivity index (χ2v) is 8.59. The molecule has 0 aliphatic carbocycles. The van der Waals surface area contributed by atoms with Crippen LogP contribution >= 0.6 is 11.6 Å². The molecule has 2 N–H and O–H groups in total. The summed E-state index contributed by atoms with van der Waals surface area (Å²) in [6, 6.07) is 18.2. The average molecular weight is 437 g/mol. The monoisotopic (exact) mass is 436 g/mol. The van der Waals surface area contributed by atoms with Gasteiger partial charge in [0, 0.05) is 48.5 Å².